The van der Waals surface area contributed by atoms with Crippen LogP contribution >= 0.6 is 27.5 Å². The lowest BCUT2D eigenvalue weighted by Crippen LogP contribution is -2.36. The summed E-state index contributed by atoms with van der Waals surface area (Å²) in [6.07, 6.45) is 1.06. The van der Waals surface area contributed by atoms with Gasteiger partial charge in [0.05, 0.1) is 17.2 Å². The number of nitrogens with two attached hydrogens (primary N) is 1. The van der Waals surface area contributed by atoms with Gasteiger partial charge in [0.15, 0.2) is 0 Å². The van der Waals surface area contributed by atoms with Gasteiger partial charge in [0.2, 0.25) is 0 Å². The van der Waals surface area contributed by atoms with Gasteiger partial charge in [-0.3, -0.25) is 4.79 Å². The van der Waals surface area contributed by atoms with Crippen molar-refractivity contribution in [3.05, 3.63) is 51.6 Å². The van der Waals surface area contributed by atoms with E-state index in [0.717, 1.165) is 20.9 Å². The van der Waals surface area contributed by atoms with Crippen molar-refractivity contribution in [1.29, 1.82) is 0 Å². The van der Waals surface area contributed by atoms with E-state index in [0.29, 0.717) is 27.4 Å². The third-order valence-electron chi connectivity index (χ3n) is 4.47. The average molecular weight is 463 g/mol. The molecule has 9 heteroatoms. The van der Waals surface area contributed by atoms with E-state index in [4.69, 9.17) is 17.3 Å². The fraction of sp³-hybridized carbons (Fsp3) is 0.158. The Morgan fingerprint density at radius 1 is 1.32 bits per heavy atom. The number of aromatic nitrogens is 3. The molecule has 2 aromatic carbocycles. The van der Waals surface area contributed by atoms with Gasteiger partial charge in [0.25, 0.3) is 5.91 Å². The number of nitrogens with one attached hydrogen (secondary N) is 3. The molecule has 1 atom stereocenters. The highest BCUT2D eigenvalue weighted by Gasteiger charge is 2.18. The number of aliphatic hydroxyl groups excluding tert-OH is 1. The van der Waals surface area contributed by atoms with Crippen molar-refractivity contribution in [2.45, 2.75) is 6.10 Å². The lowest BCUT2D eigenvalue weighted by Gasteiger charge is -2.09. The third-order valence-corrected chi connectivity index (χ3v) is 5.18. The smallest absolute Gasteiger partial charge is 0.253 e. The van der Waals surface area contributed by atoms with Crippen molar-refractivity contribution in [3.63, 3.8) is 0 Å². The first-order valence-corrected chi connectivity index (χ1v) is 9.76. The number of nitrogens with zero attached hydrogens (tertiary/aromatic N) is 1. The number of carbonyl (C=O) groups excluding carboxylic acids is 1. The molecule has 0 aliphatic carbocycles. The van der Waals surface area contributed by atoms with Gasteiger partial charge in [-0.05, 0) is 30.3 Å². The van der Waals surface area contributed by atoms with E-state index < -0.39 is 6.10 Å². The van der Waals surface area contributed by atoms with Gasteiger partial charge in [-0.25, -0.2) is 4.98 Å². The molecule has 0 saturated heterocycles. The molecule has 4 rings (SSSR count). The number of fused-ring (bicyclic) bond motifs is 2. The van der Waals surface area contributed by atoms with Crippen molar-refractivity contribution in [1.82, 2.24) is 20.3 Å². The van der Waals surface area contributed by atoms with Crippen LogP contribution in [-0.2, 0) is 0 Å². The van der Waals surface area contributed by atoms with Gasteiger partial charge >= 0.3 is 0 Å². The van der Waals surface area contributed by atoms with Crippen molar-refractivity contribution in [2.24, 2.45) is 5.73 Å². The monoisotopic (exact) mass is 461 g/mol. The molecule has 144 valence electrons. The molecule has 28 heavy (non-hydrogen) atoms. The summed E-state index contributed by atoms with van der Waals surface area (Å²) in [6, 6.07) is 9.22. The van der Waals surface area contributed by atoms with Gasteiger partial charge in [-0.2, -0.15) is 0 Å². The molecule has 2 heterocycles. The number of imidazole rings is 1. The largest absolute Gasteiger partial charge is 0.390 e. The van der Waals surface area contributed by atoms with Gasteiger partial charge in [0.1, 0.15) is 11.3 Å². The van der Waals surface area contributed by atoms with Gasteiger partial charge < -0.3 is 26.1 Å². The number of halogens is 2. The van der Waals surface area contributed by atoms with E-state index in [1.165, 1.54) is 0 Å². The Morgan fingerprint density at radius 2 is 2.14 bits per heavy atom. The highest BCUT2D eigenvalue weighted by Crippen LogP contribution is 2.32. The fourth-order valence-electron chi connectivity index (χ4n) is 3.06. The fourth-order valence-corrected chi connectivity index (χ4v) is 3.64. The molecule has 1 unspecified atom stereocenters. The summed E-state index contributed by atoms with van der Waals surface area (Å²) >= 11 is 9.69. The highest BCUT2D eigenvalue weighted by molar-refractivity contribution is 9.10. The van der Waals surface area contributed by atoms with Crippen LogP contribution in [-0.4, -0.2) is 45.2 Å². The highest BCUT2D eigenvalue weighted by atomic mass is 79.9. The molecule has 6 N–H and O–H groups in total. The second-order valence-electron chi connectivity index (χ2n) is 6.43. The SMILES string of the molecule is NCC(O)CNC(=O)c1cc(Cl)cc2[nH]c(-c3c[nH]c4ccc(Br)cc34)nc12. The molecule has 7 nitrogen and oxygen atoms in total. The number of hydrogen-bond donors (Lipinski definition) is 5. The number of aromatic amines is 2. The molecule has 0 fully saturated rings. The molecule has 4 aromatic rings. The van der Waals surface area contributed by atoms with Crippen molar-refractivity contribution >= 4 is 55.4 Å². The van der Waals surface area contributed by atoms with E-state index in [2.05, 4.69) is 36.2 Å². The summed E-state index contributed by atoms with van der Waals surface area (Å²) in [4.78, 5) is 23.7. The van der Waals surface area contributed by atoms with Crippen molar-refractivity contribution < 1.29 is 9.90 Å². The van der Waals surface area contributed by atoms with Gasteiger partial charge in [0, 0.05) is 45.2 Å². The van der Waals surface area contributed by atoms with Crippen LogP contribution in [0.5, 0.6) is 0 Å². The van der Waals surface area contributed by atoms with Gasteiger partial charge in [-0.15, -0.1) is 0 Å². The number of aliphatic hydroxyl groups is 1. The molecule has 0 saturated carbocycles. The Hall–Kier alpha value is -2.39. The number of amides is 1. The first kappa shape index (κ1) is 18.9. The lowest BCUT2D eigenvalue weighted by molar-refractivity contribution is 0.0921. The summed E-state index contributed by atoms with van der Waals surface area (Å²) in [5.41, 5.74) is 8.72. The van der Waals surface area contributed by atoms with Crippen LogP contribution in [0, 0.1) is 0 Å². The number of H-pyrrole nitrogens is 2. The molecular formula is C19H17BrClN5O2. The Morgan fingerprint density at radius 3 is 2.93 bits per heavy atom. The third kappa shape index (κ3) is 3.51. The van der Waals surface area contributed by atoms with E-state index in [1.807, 2.05) is 24.4 Å². The van der Waals surface area contributed by atoms with Crippen LogP contribution in [0.2, 0.25) is 5.02 Å². The van der Waals surface area contributed by atoms with E-state index in [-0.39, 0.29) is 19.0 Å². The topological polar surface area (TPSA) is 120 Å². The van der Waals surface area contributed by atoms with Crippen LogP contribution < -0.4 is 11.1 Å². The van der Waals surface area contributed by atoms with Gasteiger partial charge in [-0.1, -0.05) is 27.5 Å². The summed E-state index contributed by atoms with van der Waals surface area (Å²) in [5, 5.41) is 13.6. The molecule has 0 radical (unpaired) electrons. The van der Waals surface area contributed by atoms with Crippen LogP contribution in [0.4, 0.5) is 0 Å². The predicted octanol–water partition coefficient (Wildman–Crippen LogP) is 3.18. The minimum absolute atomic E-state index is 0.0527. The first-order valence-electron chi connectivity index (χ1n) is 8.59. The first-order chi connectivity index (χ1) is 13.5. The predicted molar refractivity (Wildman–Crippen MR) is 113 cm³/mol. The Labute approximate surface area is 173 Å². The minimum Gasteiger partial charge on any atom is -0.390 e. The van der Waals surface area contributed by atoms with Crippen LogP contribution in [0.25, 0.3) is 33.3 Å². The molecule has 0 bridgehead atoms. The average Bonchev–Trinajstić information content (AvgIpc) is 3.28. The van der Waals surface area contributed by atoms with Crippen LogP contribution in [0.1, 0.15) is 10.4 Å². The van der Waals surface area contributed by atoms with Crippen molar-refractivity contribution in [3.8, 4) is 11.4 Å². The van der Waals surface area contributed by atoms with Crippen molar-refractivity contribution in [2.75, 3.05) is 13.1 Å². The standard InChI is InChI=1S/C19H17BrClN5O2/c20-9-1-2-15-12(3-9)14(8-23-15)18-25-16-5-10(21)4-13(17(16)26-18)19(28)24-7-11(27)6-22/h1-5,8,11,23,27H,6-7,22H2,(H,24,28)(H,25,26). The molecular weight excluding hydrogens is 446 g/mol. The quantitative estimate of drug-likeness (QED) is 0.313. The Bertz CT molecular complexity index is 1190. The van der Waals surface area contributed by atoms with E-state index in [1.54, 1.807) is 12.1 Å². The number of benzene rings is 2. The van der Waals surface area contributed by atoms with E-state index in [9.17, 15) is 9.90 Å². The summed E-state index contributed by atoms with van der Waals surface area (Å²) in [6.45, 7) is 0.116. The molecule has 0 spiro atoms. The maximum absolute atomic E-state index is 12.6. The molecule has 1 amide bonds. The zero-order valence-electron chi connectivity index (χ0n) is 14.6. The van der Waals surface area contributed by atoms with E-state index >= 15 is 0 Å². The Balaban J connectivity index is 1.78. The second-order valence-corrected chi connectivity index (χ2v) is 7.78. The molecule has 0 aliphatic rings. The van der Waals surface area contributed by atoms with Crippen LogP contribution in [0.15, 0.2) is 41.0 Å². The molecule has 0 aliphatic heterocycles. The lowest BCUT2D eigenvalue weighted by atomic mass is 10.1. The molecule has 2 aromatic heterocycles. The zero-order valence-corrected chi connectivity index (χ0v) is 16.9. The maximum atomic E-state index is 12.6. The normalized spacial score (nSPS) is 12.6. The minimum atomic E-state index is -0.807. The number of hydrogen-bond acceptors (Lipinski definition) is 4. The number of rotatable bonds is 5. The second kappa shape index (κ2) is 7.56. The number of carbonyl (C=O) groups is 1. The maximum Gasteiger partial charge on any atom is 0.253 e. The zero-order chi connectivity index (χ0) is 19.8. The summed E-state index contributed by atoms with van der Waals surface area (Å²) < 4.78 is 0.957. The summed E-state index contributed by atoms with van der Waals surface area (Å²) in [5.74, 6) is 0.248. The summed E-state index contributed by atoms with van der Waals surface area (Å²) in [7, 11) is 0. The van der Waals surface area contributed by atoms with Crippen LogP contribution in [0.3, 0.4) is 0 Å². The Kier molecular flexibility index (Phi) is 5.11.